The SMILES string of the molecule is CC(NC(=O)c1ccc(N2c3ccccc3CC2C)nn1)c1ccccc1. The van der Waals surface area contributed by atoms with Gasteiger partial charge in [-0.1, -0.05) is 48.5 Å². The molecule has 0 aliphatic carbocycles. The van der Waals surface area contributed by atoms with E-state index in [4.69, 9.17) is 0 Å². The molecule has 2 atom stereocenters. The molecule has 5 heteroatoms. The van der Waals surface area contributed by atoms with Crippen molar-refractivity contribution in [2.45, 2.75) is 32.4 Å². The van der Waals surface area contributed by atoms with Crippen LogP contribution in [0.1, 0.15) is 41.5 Å². The molecule has 136 valence electrons. The first-order chi connectivity index (χ1) is 13.1. The molecule has 0 fully saturated rings. The molecule has 2 aromatic carbocycles. The molecule has 3 aromatic rings. The van der Waals surface area contributed by atoms with Gasteiger partial charge in [-0.2, -0.15) is 0 Å². The summed E-state index contributed by atoms with van der Waals surface area (Å²) in [5, 5.41) is 11.5. The van der Waals surface area contributed by atoms with Crippen molar-refractivity contribution in [2.24, 2.45) is 0 Å². The van der Waals surface area contributed by atoms with E-state index < -0.39 is 0 Å². The second kappa shape index (κ2) is 7.19. The minimum atomic E-state index is -0.222. The number of benzene rings is 2. The molecule has 0 spiro atoms. The van der Waals surface area contributed by atoms with Crippen molar-refractivity contribution in [2.75, 3.05) is 4.90 Å². The molecule has 1 aliphatic heterocycles. The van der Waals surface area contributed by atoms with Gasteiger partial charge in [-0.05, 0) is 49.6 Å². The van der Waals surface area contributed by atoms with Gasteiger partial charge in [0.05, 0.1) is 6.04 Å². The lowest BCUT2D eigenvalue weighted by atomic mass is 10.1. The predicted molar refractivity (Wildman–Crippen MR) is 106 cm³/mol. The van der Waals surface area contributed by atoms with E-state index in [0.717, 1.165) is 23.5 Å². The summed E-state index contributed by atoms with van der Waals surface area (Å²) >= 11 is 0. The van der Waals surface area contributed by atoms with Gasteiger partial charge in [0.15, 0.2) is 11.5 Å². The monoisotopic (exact) mass is 358 g/mol. The van der Waals surface area contributed by atoms with Crippen LogP contribution in [0.3, 0.4) is 0 Å². The largest absolute Gasteiger partial charge is 0.344 e. The number of fused-ring (bicyclic) bond motifs is 1. The van der Waals surface area contributed by atoms with Crippen LogP contribution in [-0.2, 0) is 6.42 Å². The van der Waals surface area contributed by atoms with Crippen LogP contribution >= 0.6 is 0 Å². The average Bonchev–Trinajstić information content (AvgIpc) is 3.04. The fourth-order valence-electron chi connectivity index (χ4n) is 3.59. The third-order valence-corrected chi connectivity index (χ3v) is 4.98. The molecular weight excluding hydrogens is 336 g/mol. The Morgan fingerprint density at radius 1 is 1.04 bits per heavy atom. The van der Waals surface area contributed by atoms with Gasteiger partial charge in [-0.15, -0.1) is 10.2 Å². The molecule has 1 aromatic heterocycles. The third kappa shape index (κ3) is 3.40. The van der Waals surface area contributed by atoms with Gasteiger partial charge < -0.3 is 10.2 Å². The highest BCUT2D eigenvalue weighted by Crippen LogP contribution is 2.36. The van der Waals surface area contributed by atoms with Gasteiger partial charge >= 0.3 is 0 Å². The second-order valence-electron chi connectivity index (χ2n) is 6.93. The van der Waals surface area contributed by atoms with Gasteiger partial charge in [0.2, 0.25) is 0 Å². The number of hydrogen-bond acceptors (Lipinski definition) is 4. The third-order valence-electron chi connectivity index (χ3n) is 4.98. The van der Waals surface area contributed by atoms with Crippen LogP contribution in [0.15, 0.2) is 66.7 Å². The van der Waals surface area contributed by atoms with Crippen LogP contribution in [-0.4, -0.2) is 22.1 Å². The topological polar surface area (TPSA) is 58.1 Å². The van der Waals surface area contributed by atoms with Crippen LogP contribution in [0, 0.1) is 0 Å². The molecule has 1 N–H and O–H groups in total. The zero-order valence-corrected chi connectivity index (χ0v) is 15.5. The molecule has 27 heavy (non-hydrogen) atoms. The number of anilines is 2. The summed E-state index contributed by atoms with van der Waals surface area (Å²) in [5.41, 5.74) is 3.85. The van der Waals surface area contributed by atoms with Gasteiger partial charge in [-0.25, -0.2) is 0 Å². The van der Waals surface area contributed by atoms with E-state index in [0.29, 0.717) is 11.7 Å². The first kappa shape index (κ1) is 17.2. The highest BCUT2D eigenvalue weighted by atomic mass is 16.2. The van der Waals surface area contributed by atoms with E-state index in [1.807, 2.05) is 49.4 Å². The van der Waals surface area contributed by atoms with Crippen molar-refractivity contribution in [1.29, 1.82) is 0 Å². The van der Waals surface area contributed by atoms with Crippen molar-refractivity contribution in [3.63, 3.8) is 0 Å². The van der Waals surface area contributed by atoms with Crippen LogP contribution in [0.25, 0.3) is 0 Å². The molecule has 1 amide bonds. The van der Waals surface area contributed by atoms with Gasteiger partial charge in [0.25, 0.3) is 5.91 Å². The Balaban J connectivity index is 1.50. The minimum absolute atomic E-state index is 0.0920. The molecule has 2 unspecified atom stereocenters. The van der Waals surface area contributed by atoms with E-state index in [9.17, 15) is 4.79 Å². The standard InChI is InChI=1S/C22H22N4O/c1-15-14-18-10-6-7-11-20(18)26(15)21-13-12-19(24-25-21)22(27)23-16(2)17-8-4-3-5-9-17/h3-13,15-16H,14H2,1-2H3,(H,23,27). The Labute approximate surface area is 159 Å². The number of hydrogen-bond donors (Lipinski definition) is 1. The number of para-hydroxylation sites is 1. The Morgan fingerprint density at radius 3 is 2.52 bits per heavy atom. The highest BCUT2D eigenvalue weighted by molar-refractivity contribution is 5.92. The number of aromatic nitrogens is 2. The van der Waals surface area contributed by atoms with Crippen molar-refractivity contribution >= 4 is 17.4 Å². The lowest BCUT2D eigenvalue weighted by Gasteiger charge is -2.23. The van der Waals surface area contributed by atoms with Crippen LogP contribution in [0.5, 0.6) is 0 Å². The summed E-state index contributed by atoms with van der Waals surface area (Å²) in [5.74, 6) is 0.542. The summed E-state index contributed by atoms with van der Waals surface area (Å²) in [7, 11) is 0. The maximum Gasteiger partial charge on any atom is 0.272 e. The highest BCUT2D eigenvalue weighted by Gasteiger charge is 2.28. The Bertz CT molecular complexity index is 940. The Morgan fingerprint density at radius 2 is 1.78 bits per heavy atom. The van der Waals surface area contributed by atoms with E-state index >= 15 is 0 Å². The van der Waals surface area contributed by atoms with Gasteiger partial charge in [0, 0.05) is 11.7 Å². The number of amides is 1. The molecule has 0 saturated heterocycles. The first-order valence-corrected chi connectivity index (χ1v) is 9.20. The number of nitrogens with one attached hydrogen (secondary N) is 1. The molecule has 0 saturated carbocycles. The van der Waals surface area contributed by atoms with Crippen molar-refractivity contribution < 1.29 is 4.79 Å². The summed E-state index contributed by atoms with van der Waals surface area (Å²) in [6.07, 6.45) is 0.981. The normalized spacial score (nSPS) is 16.7. The molecular formula is C22H22N4O. The average molecular weight is 358 g/mol. The predicted octanol–water partition coefficient (Wildman–Crippen LogP) is 4.05. The van der Waals surface area contributed by atoms with E-state index in [2.05, 4.69) is 45.5 Å². The summed E-state index contributed by atoms with van der Waals surface area (Å²) < 4.78 is 0. The minimum Gasteiger partial charge on any atom is -0.344 e. The number of nitrogens with zero attached hydrogens (tertiary/aromatic N) is 3. The summed E-state index contributed by atoms with van der Waals surface area (Å²) in [6.45, 7) is 4.13. The zero-order valence-electron chi connectivity index (χ0n) is 15.5. The van der Waals surface area contributed by atoms with Crippen LogP contribution in [0.4, 0.5) is 11.5 Å². The van der Waals surface area contributed by atoms with Gasteiger partial charge in [-0.3, -0.25) is 4.79 Å². The number of carbonyl (C=O) groups excluding carboxylic acids is 1. The Hall–Kier alpha value is -3.21. The van der Waals surface area contributed by atoms with Crippen LogP contribution in [0.2, 0.25) is 0 Å². The summed E-state index contributed by atoms with van der Waals surface area (Å²) in [4.78, 5) is 14.7. The van der Waals surface area contributed by atoms with E-state index in [-0.39, 0.29) is 11.9 Å². The van der Waals surface area contributed by atoms with Crippen molar-refractivity contribution in [3.05, 3.63) is 83.6 Å². The smallest absolute Gasteiger partial charge is 0.272 e. The molecule has 4 rings (SSSR count). The molecule has 5 nitrogen and oxygen atoms in total. The molecule has 0 radical (unpaired) electrons. The summed E-state index contributed by atoms with van der Waals surface area (Å²) in [6, 6.07) is 22.0. The fourth-order valence-corrected chi connectivity index (χ4v) is 3.59. The lowest BCUT2D eigenvalue weighted by Crippen LogP contribution is -2.28. The zero-order chi connectivity index (χ0) is 18.8. The lowest BCUT2D eigenvalue weighted by molar-refractivity contribution is 0.0934. The maximum absolute atomic E-state index is 12.5. The maximum atomic E-state index is 12.5. The fraction of sp³-hybridized carbons (Fsp3) is 0.227. The molecule has 0 bridgehead atoms. The van der Waals surface area contributed by atoms with E-state index in [1.54, 1.807) is 6.07 Å². The van der Waals surface area contributed by atoms with Crippen molar-refractivity contribution in [3.8, 4) is 0 Å². The second-order valence-corrected chi connectivity index (χ2v) is 6.93. The molecule has 1 aliphatic rings. The Kier molecular flexibility index (Phi) is 4.59. The van der Waals surface area contributed by atoms with E-state index in [1.165, 1.54) is 5.56 Å². The number of carbonyl (C=O) groups is 1. The molecule has 2 heterocycles. The first-order valence-electron chi connectivity index (χ1n) is 9.20. The van der Waals surface area contributed by atoms with Crippen molar-refractivity contribution in [1.82, 2.24) is 15.5 Å². The van der Waals surface area contributed by atoms with Gasteiger partial charge in [0.1, 0.15) is 0 Å². The quantitative estimate of drug-likeness (QED) is 0.764. The number of rotatable bonds is 4. The van der Waals surface area contributed by atoms with Crippen LogP contribution < -0.4 is 10.2 Å².